The van der Waals surface area contributed by atoms with Crippen LogP contribution >= 0.6 is 0 Å². The van der Waals surface area contributed by atoms with E-state index in [0.717, 1.165) is 12.8 Å². The highest BCUT2D eigenvalue weighted by molar-refractivity contribution is 5.26. The van der Waals surface area contributed by atoms with Gasteiger partial charge in [-0.1, -0.05) is 44.1 Å². The van der Waals surface area contributed by atoms with Crippen LogP contribution in [-0.2, 0) is 6.42 Å². The third-order valence-corrected chi connectivity index (χ3v) is 2.43. The van der Waals surface area contributed by atoms with Crippen LogP contribution in [0, 0.1) is 0 Å². The summed E-state index contributed by atoms with van der Waals surface area (Å²) in [4.78, 5) is 0. The van der Waals surface area contributed by atoms with Gasteiger partial charge in [-0.2, -0.15) is 0 Å². The average Bonchev–Trinajstić information content (AvgIpc) is 2.26. The van der Waals surface area contributed by atoms with Crippen molar-refractivity contribution in [2.75, 3.05) is 0 Å². The lowest BCUT2D eigenvalue weighted by Crippen LogP contribution is -1.81. The highest BCUT2D eigenvalue weighted by atomic mass is 16.3. The van der Waals surface area contributed by atoms with Crippen molar-refractivity contribution in [2.24, 2.45) is 0 Å². The van der Waals surface area contributed by atoms with Crippen molar-refractivity contribution in [3.63, 3.8) is 0 Å². The van der Waals surface area contributed by atoms with Gasteiger partial charge >= 0.3 is 0 Å². The van der Waals surface area contributed by atoms with Gasteiger partial charge in [-0.15, -0.1) is 0 Å². The van der Waals surface area contributed by atoms with Gasteiger partial charge in [0.05, 0.1) is 0 Å². The van der Waals surface area contributed by atoms with E-state index in [9.17, 15) is 0 Å². The van der Waals surface area contributed by atoms with Crippen LogP contribution in [0.3, 0.4) is 0 Å². The summed E-state index contributed by atoms with van der Waals surface area (Å²) in [6.07, 6.45) is 10.4. The molecule has 1 aromatic carbocycles. The fourth-order valence-electron chi connectivity index (χ4n) is 1.47. The maximum Gasteiger partial charge on any atom is 0.115 e. The molecule has 0 bridgehead atoms. The van der Waals surface area contributed by atoms with Crippen molar-refractivity contribution >= 4 is 0 Å². The van der Waals surface area contributed by atoms with E-state index in [2.05, 4.69) is 19.1 Å². The lowest BCUT2D eigenvalue weighted by molar-refractivity contribution is 0.475. The zero-order valence-corrected chi connectivity index (χ0v) is 9.45. The van der Waals surface area contributed by atoms with E-state index in [4.69, 9.17) is 5.11 Å². The Morgan fingerprint density at radius 3 is 2.40 bits per heavy atom. The maximum absolute atomic E-state index is 9.11. The van der Waals surface area contributed by atoms with Crippen LogP contribution in [0.15, 0.2) is 36.4 Å². The number of benzene rings is 1. The normalized spacial score (nSPS) is 11.0. The number of aryl methyl sites for hydroxylation is 1. The molecule has 0 aliphatic carbocycles. The largest absolute Gasteiger partial charge is 0.508 e. The molecule has 0 amide bonds. The highest BCUT2D eigenvalue weighted by Crippen LogP contribution is 2.11. The molecule has 0 heterocycles. The molecule has 0 aliphatic rings. The van der Waals surface area contributed by atoms with Crippen LogP contribution in [0.4, 0.5) is 0 Å². The van der Waals surface area contributed by atoms with Crippen LogP contribution < -0.4 is 0 Å². The molecular weight excluding hydrogens is 184 g/mol. The number of phenolic OH excluding ortho intramolecular Hbond substituents is 1. The molecule has 82 valence electrons. The maximum atomic E-state index is 9.11. The molecule has 1 aromatic rings. The minimum absolute atomic E-state index is 0.345. The molecule has 0 atom stereocenters. The van der Waals surface area contributed by atoms with E-state index in [1.807, 2.05) is 12.1 Å². The van der Waals surface area contributed by atoms with Gasteiger partial charge in [0, 0.05) is 0 Å². The lowest BCUT2D eigenvalue weighted by Gasteiger charge is -1.98. The summed E-state index contributed by atoms with van der Waals surface area (Å²) in [5, 5.41) is 9.11. The number of allylic oxidation sites excluding steroid dienone is 2. The van der Waals surface area contributed by atoms with Crippen molar-refractivity contribution in [2.45, 2.75) is 39.0 Å². The molecule has 1 heteroatoms. The highest BCUT2D eigenvalue weighted by Gasteiger charge is 1.91. The molecule has 1 rings (SSSR count). The molecule has 0 spiro atoms. The van der Waals surface area contributed by atoms with Crippen LogP contribution in [0.1, 0.15) is 38.2 Å². The summed E-state index contributed by atoms with van der Waals surface area (Å²) in [7, 11) is 0. The molecule has 0 saturated heterocycles. The first-order valence-electron chi connectivity index (χ1n) is 5.76. The summed E-state index contributed by atoms with van der Waals surface area (Å²) in [5.74, 6) is 0.345. The Kier molecular flexibility index (Phi) is 5.60. The smallest absolute Gasteiger partial charge is 0.115 e. The SMILES string of the molecule is CCCC/C=C/CCc1ccc(O)cc1. The Bertz CT molecular complexity index is 285. The van der Waals surface area contributed by atoms with Gasteiger partial charge < -0.3 is 5.11 Å². The summed E-state index contributed by atoms with van der Waals surface area (Å²) >= 11 is 0. The molecule has 1 N–H and O–H groups in total. The number of aromatic hydroxyl groups is 1. The fraction of sp³-hybridized carbons (Fsp3) is 0.429. The Hall–Kier alpha value is -1.24. The second-order valence-corrected chi connectivity index (χ2v) is 3.82. The molecule has 0 saturated carbocycles. The predicted molar refractivity (Wildman–Crippen MR) is 65.1 cm³/mol. The van der Waals surface area contributed by atoms with E-state index in [1.165, 1.54) is 24.8 Å². The van der Waals surface area contributed by atoms with Gasteiger partial charge in [-0.05, 0) is 37.0 Å². The van der Waals surface area contributed by atoms with Gasteiger partial charge in [0.1, 0.15) is 5.75 Å². The summed E-state index contributed by atoms with van der Waals surface area (Å²) in [6, 6.07) is 7.46. The van der Waals surface area contributed by atoms with E-state index in [-0.39, 0.29) is 0 Å². The second kappa shape index (κ2) is 7.10. The molecule has 0 unspecified atom stereocenters. The zero-order valence-electron chi connectivity index (χ0n) is 9.45. The quantitative estimate of drug-likeness (QED) is 0.547. The first-order valence-corrected chi connectivity index (χ1v) is 5.76. The van der Waals surface area contributed by atoms with Gasteiger partial charge in [0.2, 0.25) is 0 Å². The number of phenols is 1. The van der Waals surface area contributed by atoms with E-state index < -0.39 is 0 Å². The molecule has 0 aromatic heterocycles. The van der Waals surface area contributed by atoms with Crippen LogP contribution in [0.5, 0.6) is 5.75 Å². The topological polar surface area (TPSA) is 20.2 Å². The first kappa shape index (κ1) is 11.8. The van der Waals surface area contributed by atoms with Gasteiger partial charge in [-0.3, -0.25) is 0 Å². The molecule has 0 radical (unpaired) electrons. The standard InChI is InChI=1S/C14H20O/c1-2-3-4-5-6-7-8-13-9-11-14(15)12-10-13/h5-6,9-12,15H,2-4,7-8H2,1H3/b6-5+. The Balaban J connectivity index is 2.20. The molecule has 0 aliphatic heterocycles. The fourth-order valence-corrected chi connectivity index (χ4v) is 1.47. The lowest BCUT2D eigenvalue weighted by atomic mass is 10.1. The number of hydrogen-bond acceptors (Lipinski definition) is 1. The zero-order chi connectivity index (χ0) is 10.9. The minimum atomic E-state index is 0.345. The van der Waals surface area contributed by atoms with E-state index >= 15 is 0 Å². The van der Waals surface area contributed by atoms with Gasteiger partial charge in [0.25, 0.3) is 0 Å². The third kappa shape index (κ3) is 5.26. The third-order valence-electron chi connectivity index (χ3n) is 2.43. The average molecular weight is 204 g/mol. The number of rotatable bonds is 6. The van der Waals surface area contributed by atoms with Crippen molar-refractivity contribution in [3.8, 4) is 5.75 Å². The Labute approximate surface area is 92.5 Å². The predicted octanol–water partition coefficient (Wildman–Crippen LogP) is 4.07. The van der Waals surface area contributed by atoms with Crippen molar-refractivity contribution < 1.29 is 5.11 Å². The van der Waals surface area contributed by atoms with Crippen molar-refractivity contribution in [1.82, 2.24) is 0 Å². The summed E-state index contributed by atoms with van der Waals surface area (Å²) in [5.41, 5.74) is 1.29. The number of hydrogen-bond donors (Lipinski definition) is 1. The minimum Gasteiger partial charge on any atom is -0.508 e. The van der Waals surface area contributed by atoms with E-state index in [1.54, 1.807) is 12.1 Å². The van der Waals surface area contributed by atoms with Gasteiger partial charge in [0.15, 0.2) is 0 Å². The van der Waals surface area contributed by atoms with Gasteiger partial charge in [-0.25, -0.2) is 0 Å². The Morgan fingerprint density at radius 2 is 1.73 bits per heavy atom. The molecule has 15 heavy (non-hydrogen) atoms. The molecule has 0 fully saturated rings. The molecule has 1 nitrogen and oxygen atoms in total. The summed E-state index contributed by atoms with van der Waals surface area (Å²) in [6.45, 7) is 2.21. The van der Waals surface area contributed by atoms with Crippen LogP contribution in [0.25, 0.3) is 0 Å². The second-order valence-electron chi connectivity index (χ2n) is 3.82. The van der Waals surface area contributed by atoms with Crippen LogP contribution in [0.2, 0.25) is 0 Å². The van der Waals surface area contributed by atoms with Crippen molar-refractivity contribution in [3.05, 3.63) is 42.0 Å². The van der Waals surface area contributed by atoms with E-state index in [0.29, 0.717) is 5.75 Å². The summed E-state index contributed by atoms with van der Waals surface area (Å²) < 4.78 is 0. The van der Waals surface area contributed by atoms with Crippen LogP contribution in [-0.4, -0.2) is 5.11 Å². The first-order chi connectivity index (χ1) is 7.33. The molecular formula is C14H20O. The monoisotopic (exact) mass is 204 g/mol. The van der Waals surface area contributed by atoms with Crippen molar-refractivity contribution in [1.29, 1.82) is 0 Å². The Morgan fingerprint density at radius 1 is 1.07 bits per heavy atom. The number of unbranched alkanes of at least 4 members (excludes halogenated alkanes) is 2.